The van der Waals surface area contributed by atoms with Crippen LogP contribution in [0.1, 0.15) is 41.8 Å². The molecule has 0 radical (unpaired) electrons. The fraction of sp³-hybridized carbons (Fsp3) is 0.571. The van der Waals surface area contributed by atoms with Crippen LogP contribution in [-0.2, 0) is 20.1 Å². The van der Waals surface area contributed by atoms with Gasteiger partial charge in [0.05, 0.1) is 6.54 Å². The quantitative estimate of drug-likeness (QED) is 0.909. The second kappa shape index (κ2) is 6.58. The lowest BCUT2D eigenvalue weighted by Crippen LogP contribution is -2.36. The third-order valence-corrected chi connectivity index (χ3v) is 6.54. The molecule has 2 fully saturated rings. The number of imidazole rings is 1. The molecule has 1 saturated carbocycles. The molecule has 2 heterocycles. The van der Waals surface area contributed by atoms with Crippen molar-refractivity contribution < 1.29 is 0 Å². The Morgan fingerprint density at radius 2 is 2.04 bits per heavy atom. The third kappa shape index (κ3) is 3.25. The molecule has 4 nitrogen and oxygen atoms in total. The molecule has 1 aromatic heterocycles. The van der Waals surface area contributed by atoms with Gasteiger partial charge < -0.3 is 9.88 Å². The van der Waals surface area contributed by atoms with Crippen molar-refractivity contribution in [1.82, 2.24) is 19.8 Å². The van der Waals surface area contributed by atoms with Gasteiger partial charge in [-0.1, -0.05) is 18.2 Å². The molecular weight excluding hydrogens is 308 g/mol. The van der Waals surface area contributed by atoms with Gasteiger partial charge in [-0.3, -0.25) is 4.90 Å². The Hall–Kier alpha value is -1.65. The Morgan fingerprint density at radius 1 is 1.24 bits per heavy atom. The van der Waals surface area contributed by atoms with E-state index in [0.29, 0.717) is 11.5 Å². The van der Waals surface area contributed by atoms with Crippen LogP contribution in [0, 0.1) is 19.3 Å². The van der Waals surface area contributed by atoms with Crippen LogP contribution in [0.2, 0.25) is 0 Å². The first-order valence-corrected chi connectivity index (χ1v) is 9.55. The first kappa shape index (κ1) is 16.8. The number of rotatable bonds is 5. The molecular formula is C21H30N4. The molecule has 2 aliphatic rings. The summed E-state index contributed by atoms with van der Waals surface area (Å²) in [5.74, 6) is 1.17. The number of aromatic nitrogens is 2. The second-order valence-electron chi connectivity index (χ2n) is 8.05. The molecule has 1 aromatic carbocycles. The SMILES string of the molecule is Cc1cccc(CN(Cc2nccn2C)[C@@H]2CC23CCNCC3)c1C. The number of hydrogen-bond acceptors (Lipinski definition) is 3. The van der Waals surface area contributed by atoms with E-state index in [1.54, 1.807) is 0 Å². The highest BCUT2D eigenvalue weighted by atomic mass is 15.2. The summed E-state index contributed by atoms with van der Waals surface area (Å²) in [5.41, 5.74) is 4.84. The second-order valence-corrected chi connectivity index (χ2v) is 8.05. The Kier molecular flexibility index (Phi) is 4.42. The molecule has 25 heavy (non-hydrogen) atoms. The monoisotopic (exact) mass is 338 g/mol. The van der Waals surface area contributed by atoms with E-state index in [-0.39, 0.29) is 0 Å². The minimum atomic E-state index is 0.550. The van der Waals surface area contributed by atoms with Crippen molar-refractivity contribution in [2.24, 2.45) is 12.5 Å². The third-order valence-electron chi connectivity index (χ3n) is 6.54. The highest BCUT2D eigenvalue weighted by molar-refractivity contribution is 5.33. The zero-order chi connectivity index (χ0) is 17.4. The number of hydrogen-bond donors (Lipinski definition) is 1. The van der Waals surface area contributed by atoms with Crippen molar-refractivity contribution in [2.45, 2.75) is 52.2 Å². The standard InChI is InChI=1S/C21H30N4/c1-16-5-4-6-18(17(16)2)14-25(15-20-23-11-12-24(20)3)19-13-21(19)7-9-22-10-8-21/h4-6,11-12,19,22H,7-10,13-15H2,1-3H3/t19-/m1/s1. The summed E-state index contributed by atoms with van der Waals surface area (Å²) in [7, 11) is 2.10. The zero-order valence-corrected chi connectivity index (χ0v) is 15.8. The van der Waals surface area contributed by atoms with E-state index >= 15 is 0 Å². The van der Waals surface area contributed by atoms with E-state index in [1.165, 1.54) is 54.9 Å². The summed E-state index contributed by atoms with van der Waals surface area (Å²) < 4.78 is 2.16. The van der Waals surface area contributed by atoms with Crippen LogP contribution in [0.3, 0.4) is 0 Å². The summed E-state index contributed by atoms with van der Waals surface area (Å²) in [5, 5.41) is 3.53. The molecule has 0 unspecified atom stereocenters. The molecule has 1 aliphatic heterocycles. The number of aryl methyl sites for hydroxylation is 2. The summed E-state index contributed by atoms with van der Waals surface area (Å²) in [6, 6.07) is 7.41. The van der Waals surface area contributed by atoms with Gasteiger partial charge in [-0.05, 0) is 68.3 Å². The molecule has 1 N–H and O–H groups in total. The molecule has 1 spiro atoms. The topological polar surface area (TPSA) is 33.1 Å². The lowest BCUT2D eigenvalue weighted by atomic mass is 9.93. The van der Waals surface area contributed by atoms with Gasteiger partial charge in [0.2, 0.25) is 0 Å². The van der Waals surface area contributed by atoms with E-state index in [0.717, 1.165) is 13.1 Å². The lowest BCUT2D eigenvalue weighted by Gasteiger charge is -2.30. The summed E-state index contributed by atoms with van der Waals surface area (Å²) in [4.78, 5) is 7.28. The van der Waals surface area contributed by atoms with Crippen LogP contribution < -0.4 is 5.32 Å². The van der Waals surface area contributed by atoms with E-state index in [1.807, 2.05) is 6.20 Å². The molecule has 1 saturated heterocycles. The van der Waals surface area contributed by atoms with Crippen molar-refractivity contribution in [3.63, 3.8) is 0 Å². The van der Waals surface area contributed by atoms with Gasteiger partial charge in [-0.15, -0.1) is 0 Å². The van der Waals surface area contributed by atoms with Gasteiger partial charge >= 0.3 is 0 Å². The van der Waals surface area contributed by atoms with Crippen LogP contribution >= 0.6 is 0 Å². The highest BCUT2D eigenvalue weighted by Gasteiger charge is 2.56. The predicted octanol–water partition coefficient (Wildman–Crippen LogP) is 3.18. The molecule has 134 valence electrons. The van der Waals surface area contributed by atoms with Crippen molar-refractivity contribution >= 4 is 0 Å². The van der Waals surface area contributed by atoms with E-state index in [4.69, 9.17) is 0 Å². The van der Waals surface area contributed by atoms with Crippen molar-refractivity contribution in [3.8, 4) is 0 Å². The maximum atomic E-state index is 4.59. The normalized spacial score (nSPS) is 21.8. The minimum absolute atomic E-state index is 0.550. The smallest absolute Gasteiger partial charge is 0.122 e. The van der Waals surface area contributed by atoms with Gasteiger partial charge in [0, 0.05) is 32.0 Å². The molecule has 2 aromatic rings. The fourth-order valence-electron chi connectivity index (χ4n) is 4.51. The highest BCUT2D eigenvalue weighted by Crippen LogP contribution is 2.56. The molecule has 4 heteroatoms. The Morgan fingerprint density at radius 3 is 2.76 bits per heavy atom. The van der Waals surface area contributed by atoms with Crippen molar-refractivity contribution in [1.29, 1.82) is 0 Å². The number of benzene rings is 1. The molecule has 1 aliphatic carbocycles. The van der Waals surface area contributed by atoms with Crippen LogP contribution in [0.5, 0.6) is 0 Å². The van der Waals surface area contributed by atoms with E-state index < -0.39 is 0 Å². The van der Waals surface area contributed by atoms with Gasteiger partial charge in [-0.2, -0.15) is 0 Å². The summed E-state index contributed by atoms with van der Waals surface area (Å²) in [6.45, 7) is 8.80. The fourth-order valence-corrected chi connectivity index (χ4v) is 4.51. The van der Waals surface area contributed by atoms with Gasteiger partial charge in [0.1, 0.15) is 5.82 Å². The number of piperidine rings is 1. The van der Waals surface area contributed by atoms with Crippen LogP contribution in [0.4, 0.5) is 0 Å². The van der Waals surface area contributed by atoms with Crippen LogP contribution in [0.25, 0.3) is 0 Å². The van der Waals surface area contributed by atoms with Crippen LogP contribution in [0.15, 0.2) is 30.6 Å². The molecule has 1 atom stereocenters. The predicted molar refractivity (Wildman–Crippen MR) is 101 cm³/mol. The first-order chi connectivity index (χ1) is 12.1. The molecule has 4 rings (SSSR count). The Bertz CT molecular complexity index is 742. The maximum absolute atomic E-state index is 4.59. The molecule has 0 bridgehead atoms. The largest absolute Gasteiger partial charge is 0.337 e. The average molecular weight is 338 g/mol. The van der Waals surface area contributed by atoms with Crippen molar-refractivity contribution in [3.05, 3.63) is 53.1 Å². The van der Waals surface area contributed by atoms with Gasteiger partial charge in [0.25, 0.3) is 0 Å². The van der Waals surface area contributed by atoms with Gasteiger partial charge in [0.15, 0.2) is 0 Å². The average Bonchev–Trinajstić information content (AvgIpc) is 3.13. The zero-order valence-electron chi connectivity index (χ0n) is 15.8. The minimum Gasteiger partial charge on any atom is -0.337 e. The van der Waals surface area contributed by atoms with Gasteiger partial charge in [-0.25, -0.2) is 4.98 Å². The van der Waals surface area contributed by atoms with E-state index in [2.05, 4.69) is 65.1 Å². The molecule has 0 amide bonds. The Labute approximate surface area is 151 Å². The lowest BCUT2D eigenvalue weighted by molar-refractivity contribution is 0.182. The first-order valence-electron chi connectivity index (χ1n) is 9.55. The number of nitrogens with one attached hydrogen (secondary N) is 1. The van der Waals surface area contributed by atoms with Crippen LogP contribution in [-0.4, -0.2) is 33.6 Å². The number of nitrogens with zero attached hydrogens (tertiary/aromatic N) is 3. The van der Waals surface area contributed by atoms with Crippen molar-refractivity contribution in [2.75, 3.05) is 13.1 Å². The van der Waals surface area contributed by atoms with E-state index in [9.17, 15) is 0 Å². The summed E-state index contributed by atoms with van der Waals surface area (Å²) >= 11 is 0. The Balaban J connectivity index is 1.58. The summed E-state index contributed by atoms with van der Waals surface area (Å²) in [6.07, 6.45) is 7.96. The maximum Gasteiger partial charge on any atom is 0.122 e.